The minimum atomic E-state index is -0.762. The van der Waals surface area contributed by atoms with E-state index in [4.69, 9.17) is 4.74 Å². The fourth-order valence-corrected chi connectivity index (χ4v) is 4.22. The zero-order chi connectivity index (χ0) is 24.4. The number of benzene rings is 3. The lowest BCUT2D eigenvalue weighted by Gasteiger charge is -2.28. The fourth-order valence-electron chi connectivity index (χ4n) is 3.71. The third-order valence-corrected chi connectivity index (χ3v) is 6.28. The molecule has 0 aromatic heterocycles. The van der Waals surface area contributed by atoms with Gasteiger partial charge in [-0.25, -0.2) is 9.69 Å². The van der Waals surface area contributed by atoms with Crippen LogP contribution in [0.15, 0.2) is 70.7 Å². The topological polar surface area (TPSA) is 75.7 Å². The molecule has 1 aliphatic heterocycles. The van der Waals surface area contributed by atoms with Crippen molar-refractivity contribution in [3.05, 3.63) is 98.5 Å². The van der Waals surface area contributed by atoms with Crippen LogP contribution in [0.1, 0.15) is 27.8 Å². The van der Waals surface area contributed by atoms with Gasteiger partial charge in [0.15, 0.2) is 0 Å². The minimum absolute atomic E-state index is 0.124. The molecule has 1 saturated heterocycles. The summed E-state index contributed by atoms with van der Waals surface area (Å²) in [4.78, 5) is 39.2. The number of ether oxygens (including phenoxy) is 1. The van der Waals surface area contributed by atoms with Crippen molar-refractivity contribution >= 4 is 45.5 Å². The number of nitrogens with zero attached hydrogens (tertiary/aromatic N) is 1. The second kappa shape index (κ2) is 9.65. The average molecular weight is 519 g/mol. The van der Waals surface area contributed by atoms with Gasteiger partial charge in [-0.05, 0) is 83.2 Å². The third-order valence-electron chi connectivity index (χ3n) is 5.66. The van der Waals surface area contributed by atoms with Crippen LogP contribution in [0.25, 0.3) is 6.08 Å². The van der Waals surface area contributed by atoms with E-state index in [1.54, 1.807) is 30.3 Å². The van der Waals surface area contributed by atoms with Gasteiger partial charge in [-0.1, -0.05) is 48.0 Å². The number of halogens is 1. The van der Waals surface area contributed by atoms with Crippen LogP contribution >= 0.6 is 15.9 Å². The SMILES string of the molecule is Cc1cccc(COc2ccc(/C=C3\C(=O)NC(=O)N(c4cccc(C)c4C)C3=O)cc2Br)c1. The number of urea groups is 1. The van der Waals surface area contributed by atoms with Crippen LogP contribution in [0.5, 0.6) is 5.75 Å². The number of hydrogen-bond acceptors (Lipinski definition) is 4. The fraction of sp³-hybridized carbons (Fsp3) is 0.148. The van der Waals surface area contributed by atoms with Crippen LogP contribution in [0.2, 0.25) is 0 Å². The molecule has 0 atom stereocenters. The van der Waals surface area contributed by atoms with E-state index < -0.39 is 17.8 Å². The summed E-state index contributed by atoms with van der Waals surface area (Å²) in [6.07, 6.45) is 1.47. The number of aryl methyl sites for hydroxylation is 2. The quantitative estimate of drug-likeness (QED) is 0.351. The first-order chi connectivity index (χ1) is 16.2. The van der Waals surface area contributed by atoms with Crippen LogP contribution < -0.4 is 15.0 Å². The summed E-state index contributed by atoms with van der Waals surface area (Å²) >= 11 is 3.50. The Balaban J connectivity index is 1.59. The smallest absolute Gasteiger partial charge is 0.335 e. The largest absolute Gasteiger partial charge is 0.488 e. The van der Waals surface area contributed by atoms with Gasteiger partial charge in [-0.2, -0.15) is 0 Å². The maximum absolute atomic E-state index is 13.2. The van der Waals surface area contributed by atoms with E-state index >= 15 is 0 Å². The Hall–Kier alpha value is -3.71. The zero-order valence-electron chi connectivity index (χ0n) is 19.0. The molecule has 1 N–H and O–H groups in total. The number of carbonyl (C=O) groups excluding carboxylic acids is 3. The number of barbiturate groups is 1. The highest BCUT2D eigenvalue weighted by molar-refractivity contribution is 9.10. The van der Waals surface area contributed by atoms with Crippen molar-refractivity contribution in [2.45, 2.75) is 27.4 Å². The Kier molecular flexibility index (Phi) is 6.65. The molecular formula is C27H23BrN2O4. The molecule has 1 heterocycles. The highest BCUT2D eigenvalue weighted by Gasteiger charge is 2.37. The predicted octanol–water partition coefficient (Wildman–Crippen LogP) is 5.62. The molecule has 3 aromatic rings. The molecule has 7 heteroatoms. The number of anilines is 1. The van der Waals surface area contributed by atoms with Gasteiger partial charge in [-0.15, -0.1) is 0 Å². The molecule has 4 amide bonds. The van der Waals surface area contributed by atoms with Crippen molar-refractivity contribution in [3.8, 4) is 5.75 Å². The summed E-state index contributed by atoms with van der Waals surface area (Å²) in [5.74, 6) is -0.763. The monoisotopic (exact) mass is 518 g/mol. The number of hydrogen-bond donors (Lipinski definition) is 1. The van der Waals surface area contributed by atoms with E-state index in [0.717, 1.165) is 27.2 Å². The first-order valence-corrected chi connectivity index (χ1v) is 11.5. The van der Waals surface area contributed by atoms with Gasteiger partial charge in [0, 0.05) is 0 Å². The van der Waals surface area contributed by atoms with Crippen LogP contribution in [0.4, 0.5) is 10.5 Å². The van der Waals surface area contributed by atoms with E-state index in [0.29, 0.717) is 28.1 Å². The van der Waals surface area contributed by atoms with Crippen molar-refractivity contribution < 1.29 is 19.1 Å². The van der Waals surface area contributed by atoms with Gasteiger partial charge in [0.1, 0.15) is 17.9 Å². The molecule has 0 saturated carbocycles. The molecule has 4 rings (SSSR count). The van der Waals surface area contributed by atoms with E-state index in [1.807, 2.05) is 45.0 Å². The lowest BCUT2D eigenvalue weighted by molar-refractivity contribution is -0.122. The highest BCUT2D eigenvalue weighted by Crippen LogP contribution is 2.30. The summed E-state index contributed by atoms with van der Waals surface area (Å²) in [6, 6.07) is 17.9. The standard InChI is InChI=1S/C27H23BrN2O4/c1-16-6-4-8-20(12-16)15-34-24-11-10-19(14-22(24)28)13-21-25(31)29-27(33)30(26(21)32)23-9-5-7-17(2)18(23)3/h4-14H,15H2,1-3H3,(H,29,31,33)/b21-13+. The van der Waals surface area contributed by atoms with E-state index in [1.165, 1.54) is 6.08 Å². The van der Waals surface area contributed by atoms with E-state index in [2.05, 4.69) is 27.3 Å². The number of nitrogens with one attached hydrogen (secondary N) is 1. The molecule has 34 heavy (non-hydrogen) atoms. The molecular weight excluding hydrogens is 496 g/mol. The summed E-state index contributed by atoms with van der Waals surface area (Å²) in [5, 5.41) is 2.27. The molecule has 0 unspecified atom stereocenters. The Morgan fingerprint density at radius 1 is 0.971 bits per heavy atom. The molecule has 0 aliphatic carbocycles. The highest BCUT2D eigenvalue weighted by atomic mass is 79.9. The normalized spacial score (nSPS) is 15.0. The van der Waals surface area contributed by atoms with E-state index in [-0.39, 0.29) is 5.57 Å². The van der Waals surface area contributed by atoms with Gasteiger partial charge in [0.05, 0.1) is 10.2 Å². The first-order valence-electron chi connectivity index (χ1n) is 10.7. The molecule has 1 fully saturated rings. The molecule has 3 aromatic carbocycles. The molecule has 0 radical (unpaired) electrons. The van der Waals surface area contributed by atoms with Crippen molar-refractivity contribution in [1.29, 1.82) is 0 Å². The summed E-state index contributed by atoms with van der Waals surface area (Å²) in [6.45, 7) is 6.17. The molecule has 172 valence electrons. The van der Waals surface area contributed by atoms with Gasteiger partial charge < -0.3 is 4.74 Å². The number of carbonyl (C=O) groups is 3. The van der Waals surface area contributed by atoms with Gasteiger partial charge in [0.2, 0.25) is 0 Å². The molecule has 6 nitrogen and oxygen atoms in total. The molecule has 1 aliphatic rings. The lowest BCUT2D eigenvalue weighted by Crippen LogP contribution is -2.54. The maximum Gasteiger partial charge on any atom is 0.335 e. The molecule has 0 spiro atoms. The summed E-state index contributed by atoms with van der Waals surface area (Å²) < 4.78 is 6.59. The van der Waals surface area contributed by atoms with Crippen molar-refractivity contribution in [2.24, 2.45) is 0 Å². The van der Waals surface area contributed by atoms with Crippen LogP contribution in [0, 0.1) is 20.8 Å². The minimum Gasteiger partial charge on any atom is -0.488 e. The van der Waals surface area contributed by atoms with Crippen LogP contribution in [-0.2, 0) is 16.2 Å². The Morgan fingerprint density at radius 2 is 1.74 bits per heavy atom. The average Bonchev–Trinajstić information content (AvgIpc) is 2.79. The van der Waals surface area contributed by atoms with Crippen LogP contribution in [-0.4, -0.2) is 17.8 Å². The Labute approximate surface area is 206 Å². The first kappa shape index (κ1) is 23.4. The van der Waals surface area contributed by atoms with Crippen molar-refractivity contribution in [3.63, 3.8) is 0 Å². The third kappa shape index (κ3) is 4.79. The number of rotatable bonds is 5. The predicted molar refractivity (Wildman–Crippen MR) is 135 cm³/mol. The number of imide groups is 2. The van der Waals surface area contributed by atoms with Crippen molar-refractivity contribution in [1.82, 2.24) is 5.32 Å². The summed E-state index contributed by atoms with van der Waals surface area (Å²) in [7, 11) is 0. The Bertz CT molecular complexity index is 1350. The Morgan fingerprint density at radius 3 is 2.47 bits per heavy atom. The van der Waals surface area contributed by atoms with E-state index in [9.17, 15) is 14.4 Å². The van der Waals surface area contributed by atoms with Gasteiger partial charge in [0.25, 0.3) is 11.8 Å². The maximum atomic E-state index is 13.2. The zero-order valence-corrected chi connectivity index (χ0v) is 20.6. The second-order valence-electron chi connectivity index (χ2n) is 8.14. The molecule has 0 bridgehead atoms. The second-order valence-corrected chi connectivity index (χ2v) is 9.00. The van der Waals surface area contributed by atoms with Crippen LogP contribution in [0.3, 0.4) is 0 Å². The van der Waals surface area contributed by atoms with Crippen molar-refractivity contribution in [2.75, 3.05) is 4.90 Å². The number of amides is 4. The lowest BCUT2D eigenvalue weighted by atomic mass is 10.0. The summed E-state index contributed by atoms with van der Waals surface area (Å²) in [5.41, 5.74) is 4.87. The van der Waals surface area contributed by atoms with Gasteiger partial charge in [-0.3, -0.25) is 14.9 Å². The van der Waals surface area contributed by atoms with Gasteiger partial charge >= 0.3 is 6.03 Å².